The number of fused-ring (bicyclic) bond motifs is 1. The van der Waals surface area contributed by atoms with E-state index in [-0.39, 0.29) is 5.91 Å². The van der Waals surface area contributed by atoms with Crippen LogP contribution in [0.4, 0.5) is 0 Å². The van der Waals surface area contributed by atoms with E-state index >= 15 is 0 Å². The monoisotopic (exact) mass is 406 g/mol. The smallest absolute Gasteiger partial charge is 0.236 e. The molecule has 1 aliphatic heterocycles. The Hall–Kier alpha value is -3.39. The third kappa shape index (κ3) is 4.72. The maximum absolute atomic E-state index is 11.2. The quantitative estimate of drug-likeness (QED) is 0.501. The molecule has 1 amide bonds. The lowest BCUT2D eigenvalue weighted by atomic mass is 10.1. The summed E-state index contributed by atoms with van der Waals surface area (Å²) in [5.74, 6) is 1.78. The number of amides is 1. The molecule has 8 heteroatoms. The molecule has 1 aliphatic rings. The van der Waals surface area contributed by atoms with Crippen molar-refractivity contribution < 1.29 is 14.3 Å². The maximum Gasteiger partial charge on any atom is 0.236 e. The first-order chi connectivity index (χ1) is 14.2. The molecule has 7 nitrogen and oxygen atoms in total. The van der Waals surface area contributed by atoms with Crippen molar-refractivity contribution in [2.75, 3.05) is 12.9 Å². The van der Waals surface area contributed by atoms with Crippen LogP contribution >= 0.6 is 11.8 Å². The van der Waals surface area contributed by atoms with E-state index in [1.165, 1.54) is 11.8 Å². The number of hydrogen-bond donors (Lipinski definition) is 1. The molecule has 2 aromatic carbocycles. The van der Waals surface area contributed by atoms with Crippen LogP contribution in [0.25, 0.3) is 10.9 Å². The molecule has 146 valence electrons. The fourth-order valence-corrected chi connectivity index (χ4v) is 3.45. The van der Waals surface area contributed by atoms with Gasteiger partial charge in [-0.1, -0.05) is 17.8 Å². The number of pyridine rings is 1. The minimum absolute atomic E-state index is 0.0586. The first kappa shape index (κ1) is 18.9. The summed E-state index contributed by atoms with van der Waals surface area (Å²) in [6.07, 6.45) is 3.39. The topological polar surface area (TPSA) is 85.2 Å². The molecule has 0 saturated carbocycles. The number of nitrogens with one attached hydrogen (secondary N) is 1. The number of methoxy groups -OCH3 is 1. The van der Waals surface area contributed by atoms with E-state index in [0.717, 1.165) is 33.5 Å². The summed E-state index contributed by atoms with van der Waals surface area (Å²) in [4.78, 5) is 15.5. The summed E-state index contributed by atoms with van der Waals surface area (Å²) in [5.41, 5.74) is 2.62. The van der Waals surface area contributed by atoms with Crippen molar-refractivity contribution in [2.24, 2.45) is 10.2 Å². The highest BCUT2D eigenvalue weighted by atomic mass is 32.2. The number of carbonyl (C=O) groups excluding carboxylic acids is 1. The molecule has 0 radical (unpaired) electrons. The minimum Gasteiger partial charge on any atom is -0.496 e. The second-order valence-electron chi connectivity index (χ2n) is 6.20. The summed E-state index contributed by atoms with van der Waals surface area (Å²) in [6, 6.07) is 15.4. The Morgan fingerprint density at radius 2 is 2.17 bits per heavy atom. The summed E-state index contributed by atoms with van der Waals surface area (Å²) in [6.45, 7) is 0.337. The Kier molecular flexibility index (Phi) is 5.71. The van der Waals surface area contributed by atoms with Gasteiger partial charge in [0.15, 0.2) is 5.17 Å². The molecule has 1 aromatic heterocycles. The molecule has 0 atom stereocenters. The van der Waals surface area contributed by atoms with Gasteiger partial charge in [0.05, 0.1) is 24.6 Å². The molecular formula is C21H18N4O3S. The molecule has 1 fully saturated rings. The lowest BCUT2D eigenvalue weighted by molar-refractivity contribution is -0.116. The van der Waals surface area contributed by atoms with Crippen LogP contribution in [0.1, 0.15) is 11.1 Å². The van der Waals surface area contributed by atoms with E-state index in [1.54, 1.807) is 19.5 Å². The highest BCUT2D eigenvalue weighted by Gasteiger charge is 2.16. The fraction of sp³-hybridized carbons (Fsp3) is 0.143. The molecule has 0 unspecified atom stereocenters. The number of carbonyl (C=O) groups is 1. The van der Waals surface area contributed by atoms with Crippen molar-refractivity contribution in [2.45, 2.75) is 6.61 Å². The molecular weight excluding hydrogens is 388 g/mol. The van der Waals surface area contributed by atoms with Crippen LogP contribution in [0, 0.1) is 0 Å². The maximum atomic E-state index is 11.2. The molecule has 0 aliphatic carbocycles. The van der Waals surface area contributed by atoms with Gasteiger partial charge in [0, 0.05) is 23.2 Å². The number of amidine groups is 1. The molecule has 0 bridgehead atoms. The number of benzene rings is 2. The fourth-order valence-electron chi connectivity index (χ4n) is 2.82. The zero-order valence-electron chi connectivity index (χ0n) is 15.7. The second kappa shape index (κ2) is 8.74. The Bertz CT molecular complexity index is 1110. The predicted octanol–water partition coefficient (Wildman–Crippen LogP) is 3.38. The SMILES string of the molecule is COc1ccc(C=NN=C2NC(=O)CS2)cc1COc1ccc2cccnc2c1. The summed E-state index contributed by atoms with van der Waals surface area (Å²) in [5, 5.41) is 12.3. The van der Waals surface area contributed by atoms with E-state index in [9.17, 15) is 4.79 Å². The highest BCUT2D eigenvalue weighted by Crippen LogP contribution is 2.24. The zero-order valence-corrected chi connectivity index (χ0v) is 16.5. The van der Waals surface area contributed by atoms with Crippen LogP contribution in [0.5, 0.6) is 11.5 Å². The van der Waals surface area contributed by atoms with Gasteiger partial charge in [-0.25, -0.2) is 0 Å². The average Bonchev–Trinajstić information content (AvgIpc) is 3.17. The molecule has 1 saturated heterocycles. The van der Waals surface area contributed by atoms with E-state index in [4.69, 9.17) is 9.47 Å². The highest BCUT2D eigenvalue weighted by molar-refractivity contribution is 8.15. The van der Waals surface area contributed by atoms with E-state index in [2.05, 4.69) is 20.5 Å². The van der Waals surface area contributed by atoms with Crippen molar-refractivity contribution in [3.8, 4) is 11.5 Å². The first-order valence-corrected chi connectivity index (χ1v) is 9.88. The molecule has 1 N–H and O–H groups in total. The van der Waals surface area contributed by atoms with Crippen molar-refractivity contribution in [3.63, 3.8) is 0 Å². The number of ether oxygens (including phenoxy) is 2. The predicted molar refractivity (Wildman–Crippen MR) is 115 cm³/mol. The number of nitrogens with zero attached hydrogens (tertiary/aromatic N) is 3. The van der Waals surface area contributed by atoms with Crippen molar-refractivity contribution in [1.29, 1.82) is 0 Å². The molecule has 2 heterocycles. The van der Waals surface area contributed by atoms with Crippen LogP contribution < -0.4 is 14.8 Å². The van der Waals surface area contributed by atoms with Gasteiger partial charge in [-0.05, 0) is 42.0 Å². The number of thioether (sulfide) groups is 1. The standard InChI is InChI=1S/C21H18N4O3S/c1-27-19-7-4-14(11-23-25-21-24-20(26)13-29-21)9-16(19)12-28-17-6-5-15-3-2-8-22-18(15)10-17/h2-11H,12-13H2,1H3,(H,24,25,26). The van der Waals surface area contributed by atoms with Gasteiger partial charge in [0.1, 0.15) is 18.1 Å². The molecule has 29 heavy (non-hydrogen) atoms. The van der Waals surface area contributed by atoms with Gasteiger partial charge in [0.25, 0.3) is 0 Å². The van der Waals surface area contributed by atoms with E-state index in [0.29, 0.717) is 17.5 Å². The van der Waals surface area contributed by atoms with Crippen LogP contribution in [0.3, 0.4) is 0 Å². The largest absolute Gasteiger partial charge is 0.496 e. The Morgan fingerprint density at radius 3 is 3.00 bits per heavy atom. The molecule has 0 spiro atoms. The second-order valence-corrected chi connectivity index (χ2v) is 7.17. The molecule has 3 aromatic rings. The van der Waals surface area contributed by atoms with Gasteiger partial charge < -0.3 is 14.8 Å². The van der Waals surface area contributed by atoms with Gasteiger partial charge >= 0.3 is 0 Å². The summed E-state index contributed by atoms with van der Waals surface area (Å²) in [7, 11) is 1.62. The Balaban J connectivity index is 1.48. The van der Waals surface area contributed by atoms with Gasteiger partial charge in [-0.3, -0.25) is 9.78 Å². The van der Waals surface area contributed by atoms with Crippen LogP contribution in [0.2, 0.25) is 0 Å². The number of rotatable bonds is 6. The Morgan fingerprint density at radius 1 is 1.24 bits per heavy atom. The third-order valence-electron chi connectivity index (χ3n) is 4.22. The van der Waals surface area contributed by atoms with E-state index < -0.39 is 0 Å². The number of hydrogen-bond acceptors (Lipinski definition) is 7. The third-order valence-corrected chi connectivity index (χ3v) is 5.08. The van der Waals surface area contributed by atoms with Crippen molar-refractivity contribution in [3.05, 3.63) is 65.9 Å². The van der Waals surface area contributed by atoms with Crippen molar-refractivity contribution >= 4 is 40.0 Å². The lowest BCUT2D eigenvalue weighted by Crippen LogP contribution is -2.19. The zero-order chi connectivity index (χ0) is 20.1. The van der Waals surface area contributed by atoms with Gasteiger partial charge in [-0.2, -0.15) is 5.10 Å². The van der Waals surface area contributed by atoms with Gasteiger partial charge in [-0.15, -0.1) is 5.10 Å². The van der Waals surface area contributed by atoms with Gasteiger partial charge in [0.2, 0.25) is 5.91 Å². The average molecular weight is 406 g/mol. The van der Waals surface area contributed by atoms with E-state index in [1.807, 2.05) is 48.5 Å². The summed E-state index contributed by atoms with van der Waals surface area (Å²) >= 11 is 1.33. The normalized spacial score (nSPS) is 15.2. The van der Waals surface area contributed by atoms with Crippen LogP contribution in [-0.4, -0.2) is 35.1 Å². The van der Waals surface area contributed by atoms with Crippen molar-refractivity contribution in [1.82, 2.24) is 10.3 Å². The van der Waals surface area contributed by atoms with Crippen LogP contribution in [0.15, 0.2) is 64.9 Å². The molecule has 4 rings (SSSR count). The Labute approximate surface area is 171 Å². The first-order valence-electron chi connectivity index (χ1n) is 8.89. The minimum atomic E-state index is -0.0586. The lowest BCUT2D eigenvalue weighted by Gasteiger charge is -2.11. The van der Waals surface area contributed by atoms with Crippen LogP contribution in [-0.2, 0) is 11.4 Å². The summed E-state index contributed by atoms with van der Waals surface area (Å²) < 4.78 is 11.4. The number of aromatic nitrogens is 1.